The molecule has 8 nitrogen and oxygen atoms in total. The van der Waals surface area contributed by atoms with Crippen LogP contribution in [-0.2, 0) is 4.79 Å². The Morgan fingerprint density at radius 2 is 1.86 bits per heavy atom. The molecule has 9 heteroatoms. The predicted molar refractivity (Wildman–Crippen MR) is 139 cm³/mol. The van der Waals surface area contributed by atoms with E-state index in [0.29, 0.717) is 23.8 Å². The molecule has 2 aromatic rings. The summed E-state index contributed by atoms with van der Waals surface area (Å²) in [5.74, 6) is 0.751. The molecular formula is C27H36FN7O. The van der Waals surface area contributed by atoms with Crippen LogP contribution < -0.4 is 20.9 Å². The Bertz CT molecular complexity index is 1130. The van der Waals surface area contributed by atoms with E-state index >= 15 is 0 Å². The Labute approximate surface area is 212 Å². The van der Waals surface area contributed by atoms with Gasteiger partial charge in [-0.1, -0.05) is 0 Å². The largest absolute Gasteiger partial charge is 0.369 e. The van der Waals surface area contributed by atoms with Crippen molar-refractivity contribution in [3.8, 4) is 0 Å². The Hall–Kier alpha value is -2.94. The van der Waals surface area contributed by atoms with Crippen molar-refractivity contribution < 1.29 is 9.18 Å². The molecule has 0 radical (unpaired) electrons. The van der Waals surface area contributed by atoms with Crippen LogP contribution in [0.15, 0.2) is 24.4 Å². The first-order chi connectivity index (χ1) is 17.4. The monoisotopic (exact) mass is 493 g/mol. The third kappa shape index (κ3) is 4.73. The maximum atomic E-state index is 14.8. The Morgan fingerprint density at radius 1 is 1.08 bits per heavy atom. The predicted octanol–water partition coefficient (Wildman–Crippen LogP) is 3.52. The fraction of sp³-hybridized carbons (Fsp3) is 0.593. The number of fused-ring (bicyclic) bond motifs is 2. The van der Waals surface area contributed by atoms with Crippen LogP contribution in [-0.4, -0.2) is 66.1 Å². The standard InChI is InChI=1S/C27H36FN7O/c1-16-13-20(7-8-22(16)35-11-9-34(2)10-12-35)31-27-29-15-21(28)25(33-27)32-24-18-4-3-17(14-18)23(24)26(36)30-19-5-6-19/h7-8,13,15,17-19,23-24H,3-6,9-12,14H2,1-2H3,(H,30,36)(H2,29,31,32,33)/t17-,18+,23+,24-/m0/s1. The van der Waals surface area contributed by atoms with Gasteiger partial charge in [0.15, 0.2) is 11.6 Å². The number of hydrogen-bond donors (Lipinski definition) is 3. The summed E-state index contributed by atoms with van der Waals surface area (Å²) >= 11 is 0. The highest BCUT2D eigenvalue weighted by atomic mass is 19.1. The minimum absolute atomic E-state index is 0.0927. The van der Waals surface area contributed by atoms with Crippen LogP contribution in [0.25, 0.3) is 0 Å². The summed E-state index contributed by atoms with van der Waals surface area (Å²) in [5.41, 5.74) is 3.28. The first-order valence-electron chi connectivity index (χ1n) is 13.4. The molecule has 6 rings (SSSR count). The molecule has 4 aliphatic rings. The van der Waals surface area contributed by atoms with Gasteiger partial charge in [-0.05, 0) is 81.7 Å². The molecule has 3 N–H and O–H groups in total. The fourth-order valence-corrected chi connectivity index (χ4v) is 6.35. The normalized spacial score (nSPS) is 27.8. The highest BCUT2D eigenvalue weighted by molar-refractivity contribution is 5.81. The van der Waals surface area contributed by atoms with E-state index in [0.717, 1.165) is 64.0 Å². The minimum atomic E-state index is -0.494. The number of benzene rings is 1. The SMILES string of the molecule is Cc1cc(Nc2ncc(F)c(N[C@H]3[C@@H]4CC[C@@H](C4)[C@H]3C(=O)NC3CC3)n2)ccc1N1CCN(C)CC1. The van der Waals surface area contributed by atoms with Gasteiger partial charge in [0, 0.05) is 49.6 Å². The molecule has 2 bridgehead atoms. The molecule has 2 heterocycles. The van der Waals surface area contributed by atoms with Gasteiger partial charge in [0.1, 0.15) is 0 Å². The molecule has 1 aromatic heterocycles. The summed E-state index contributed by atoms with van der Waals surface area (Å²) < 4.78 is 14.8. The van der Waals surface area contributed by atoms with Gasteiger partial charge >= 0.3 is 0 Å². The van der Waals surface area contributed by atoms with Gasteiger partial charge in [0.2, 0.25) is 11.9 Å². The van der Waals surface area contributed by atoms with Gasteiger partial charge in [-0.2, -0.15) is 4.98 Å². The summed E-state index contributed by atoms with van der Waals surface area (Å²) in [6.07, 6.45) is 6.51. The lowest BCUT2D eigenvalue weighted by Gasteiger charge is -2.35. The lowest BCUT2D eigenvalue weighted by molar-refractivity contribution is -0.127. The topological polar surface area (TPSA) is 85.4 Å². The molecule has 4 fully saturated rings. The average molecular weight is 494 g/mol. The lowest BCUT2D eigenvalue weighted by atomic mass is 9.83. The maximum Gasteiger partial charge on any atom is 0.229 e. The number of amides is 1. The van der Waals surface area contributed by atoms with E-state index in [-0.39, 0.29) is 23.7 Å². The first kappa shape index (κ1) is 23.5. The van der Waals surface area contributed by atoms with Gasteiger partial charge in [0.05, 0.1) is 12.1 Å². The van der Waals surface area contributed by atoms with E-state index in [2.05, 4.69) is 61.8 Å². The number of piperazine rings is 1. The van der Waals surface area contributed by atoms with Gasteiger partial charge in [-0.3, -0.25) is 4.79 Å². The smallest absolute Gasteiger partial charge is 0.229 e. The quantitative estimate of drug-likeness (QED) is 0.544. The Balaban J connectivity index is 1.16. The molecule has 1 aromatic carbocycles. The molecule has 3 aliphatic carbocycles. The second-order valence-corrected chi connectivity index (χ2v) is 11.1. The molecule has 36 heavy (non-hydrogen) atoms. The summed E-state index contributed by atoms with van der Waals surface area (Å²) in [6, 6.07) is 6.47. The molecule has 3 saturated carbocycles. The fourth-order valence-electron chi connectivity index (χ4n) is 6.35. The number of carbonyl (C=O) groups is 1. The van der Waals surface area contributed by atoms with Crippen molar-refractivity contribution in [2.75, 3.05) is 48.8 Å². The summed E-state index contributed by atoms with van der Waals surface area (Å²) in [5, 5.41) is 9.73. The third-order valence-corrected chi connectivity index (χ3v) is 8.49. The minimum Gasteiger partial charge on any atom is -0.369 e. The number of likely N-dealkylation sites (N-methyl/N-ethyl adjacent to an activating group) is 1. The summed E-state index contributed by atoms with van der Waals surface area (Å²) in [6.45, 7) is 6.26. The van der Waals surface area contributed by atoms with Crippen molar-refractivity contribution in [1.82, 2.24) is 20.2 Å². The van der Waals surface area contributed by atoms with E-state index in [4.69, 9.17) is 0 Å². The van der Waals surface area contributed by atoms with E-state index < -0.39 is 5.82 Å². The number of aromatic nitrogens is 2. The number of nitrogens with zero attached hydrogens (tertiary/aromatic N) is 4. The first-order valence-corrected chi connectivity index (χ1v) is 13.4. The molecular weight excluding hydrogens is 457 g/mol. The van der Waals surface area contributed by atoms with Crippen LogP contribution in [0, 0.1) is 30.5 Å². The van der Waals surface area contributed by atoms with Gasteiger partial charge in [0.25, 0.3) is 0 Å². The zero-order valence-electron chi connectivity index (χ0n) is 21.1. The van der Waals surface area contributed by atoms with Crippen molar-refractivity contribution >= 4 is 29.0 Å². The number of aryl methyl sites for hydroxylation is 1. The van der Waals surface area contributed by atoms with Crippen molar-refractivity contribution in [2.45, 2.75) is 51.1 Å². The second kappa shape index (κ2) is 9.50. The maximum absolute atomic E-state index is 14.8. The number of hydrogen-bond acceptors (Lipinski definition) is 7. The summed E-state index contributed by atoms with van der Waals surface area (Å²) in [7, 11) is 2.16. The van der Waals surface area contributed by atoms with Crippen LogP contribution in [0.1, 0.15) is 37.7 Å². The highest BCUT2D eigenvalue weighted by Gasteiger charge is 2.51. The van der Waals surface area contributed by atoms with Crippen LogP contribution in [0.2, 0.25) is 0 Å². The molecule has 0 spiro atoms. The molecule has 0 unspecified atom stereocenters. The van der Waals surface area contributed by atoms with Crippen molar-refractivity contribution in [3.63, 3.8) is 0 Å². The van der Waals surface area contributed by atoms with Crippen LogP contribution in [0.4, 0.5) is 27.5 Å². The number of anilines is 4. The summed E-state index contributed by atoms with van der Waals surface area (Å²) in [4.78, 5) is 26.4. The van der Waals surface area contributed by atoms with Crippen LogP contribution in [0.5, 0.6) is 0 Å². The number of carbonyl (C=O) groups excluding carboxylic acids is 1. The molecule has 192 valence electrons. The third-order valence-electron chi connectivity index (χ3n) is 8.49. The van der Waals surface area contributed by atoms with E-state index in [9.17, 15) is 9.18 Å². The van der Waals surface area contributed by atoms with Gasteiger partial charge < -0.3 is 25.8 Å². The zero-order valence-corrected chi connectivity index (χ0v) is 21.1. The van der Waals surface area contributed by atoms with E-state index in [1.165, 1.54) is 17.4 Å². The van der Waals surface area contributed by atoms with Crippen molar-refractivity contribution in [2.24, 2.45) is 17.8 Å². The Kier molecular flexibility index (Phi) is 6.19. The molecule has 4 atom stereocenters. The van der Waals surface area contributed by atoms with Crippen LogP contribution in [0.3, 0.4) is 0 Å². The van der Waals surface area contributed by atoms with E-state index in [1.807, 2.05) is 6.07 Å². The van der Waals surface area contributed by atoms with Crippen LogP contribution >= 0.6 is 0 Å². The van der Waals surface area contributed by atoms with Crippen molar-refractivity contribution in [3.05, 3.63) is 35.8 Å². The molecule has 1 saturated heterocycles. The van der Waals surface area contributed by atoms with Crippen molar-refractivity contribution in [1.29, 1.82) is 0 Å². The average Bonchev–Trinajstić information content (AvgIpc) is 3.44. The molecule has 1 amide bonds. The lowest BCUT2D eigenvalue weighted by Crippen LogP contribution is -2.45. The van der Waals surface area contributed by atoms with E-state index in [1.54, 1.807) is 0 Å². The molecule has 1 aliphatic heterocycles. The number of rotatable bonds is 7. The van der Waals surface area contributed by atoms with Gasteiger partial charge in [-0.15, -0.1) is 0 Å². The highest BCUT2D eigenvalue weighted by Crippen LogP contribution is 2.50. The Morgan fingerprint density at radius 3 is 2.61 bits per heavy atom. The zero-order chi connectivity index (χ0) is 24.8. The number of nitrogens with one attached hydrogen (secondary N) is 3. The van der Waals surface area contributed by atoms with Gasteiger partial charge in [-0.25, -0.2) is 9.37 Å². The second-order valence-electron chi connectivity index (χ2n) is 11.1. The number of halogens is 1.